The standard InChI is InChI=1S/C41H38N2O4/c1-30-10-14-32(15-11-30)26-36(28-42)34-18-22-38(23-19-34)46-40(44)8-6-4-3-5-7-9-41(45)47-39-24-20-35(21-25-39)37(29-43)27-33-16-12-31(2)13-17-33/h10-27H,3-9H2,1-2H3/b36-26-,37-27+. The predicted molar refractivity (Wildman–Crippen MR) is 186 cm³/mol. The molecule has 4 rings (SSSR count). The maximum Gasteiger partial charge on any atom is 0.311 e. The van der Waals surface area contributed by atoms with Gasteiger partial charge >= 0.3 is 11.9 Å². The average Bonchev–Trinajstić information content (AvgIpc) is 3.08. The van der Waals surface area contributed by atoms with E-state index in [2.05, 4.69) is 12.1 Å². The van der Waals surface area contributed by atoms with Crippen molar-refractivity contribution in [2.75, 3.05) is 0 Å². The molecule has 0 fully saturated rings. The number of carbonyl (C=O) groups excluding carboxylic acids is 2. The molecular weight excluding hydrogens is 584 g/mol. The van der Waals surface area contributed by atoms with Crippen molar-refractivity contribution in [2.45, 2.75) is 58.8 Å². The summed E-state index contributed by atoms with van der Waals surface area (Å²) in [6.45, 7) is 4.03. The van der Waals surface area contributed by atoms with Crippen LogP contribution in [0.4, 0.5) is 0 Å². The van der Waals surface area contributed by atoms with Crippen LogP contribution in [0.5, 0.6) is 11.5 Å². The number of rotatable bonds is 14. The van der Waals surface area contributed by atoms with Gasteiger partial charge in [0.1, 0.15) is 11.5 Å². The van der Waals surface area contributed by atoms with E-state index in [1.54, 1.807) is 48.5 Å². The summed E-state index contributed by atoms with van der Waals surface area (Å²) in [6, 6.07) is 34.3. The predicted octanol–water partition coefficient (Wildman–Crippen LogP) is 9.67. The van der Waals surface area contributed by atoms with Crippen molar-refractivity contribution in [3.63, 3.8) is 0 Å². The fourth-order valence-electron chi connectivity index (χ4n) is 4.86. The van der Waals surface area contributed by atoms with Crippen LogP contribution in [-0.4, -0.2) is 11.9 Å². The summed E-state index contributed by atoms with van der Waals surface area (Å²) in [7, 11) is 0. The number of hydrogen-bond donors (Lipinski definition) is 0. The van der Waals surface area contributed by atoms with E-state index < -0.39 is 0 Å². The Morgan fingerprint density at radius 3 is 1.21 bits per heavy atom. The third kappa shape index (κ3) is 11.3. The monoisotopic (exact) mass is 622 g/mol. The highest BCUT2D eigenvalue weighted by Gasteiger charge is 2.09. The molecule has 0 bridgehead atoms. The van der Waals surface area contributed by atoms with Gasteiger partial charge in [0.05, 0.1) is 23.3 Å². The minimum atomic E-state index is -0.296. The Morgan fingerprint density at radius 2 is 0.872 bits per heavy atom. The Bertz CT molecular complexity index is 1650. The zero-order valence-corrected chi connectivity index (χ0v) is 26.9. The first kappa shape index (κ1) is 34.2. The van der Waals surface area contributed by atoms with Crippen LogP contribution in [0, 0.1) is 36.5 Å². The first-order chi connectivity index (χ1) is 22.8. The minimum Gasteiger partial charge on any atom is -0.427 e. The van der Waals surface area contributed by atoms with E-state index in [0.717, 1.165) is 52.6 Å². The SMILES string of the molecule is Cc1ccc(/C=C(\C#N)c2ccc(OC(=O)CCCCCCCC(=O)Oc3ccc(/C(C#N)=C\c4ccc(C)cc4)cc3)cc2)cc1. The van der Waals surface area contributed by atoms with E-state index in [4.69, 9.17) is 9.47 Å². The smallest absolute Gasteiger partial charge is 0.311 e. The largest absolute Gasteiger partial charge is 0.427 e. The van der Waals surface area contributed by atoms with Crippen molar-refractivity contribution in [3.8, 4) is 23.6 Å². The molecule has 0 saturated heterocycles. The van der Waals surface area contributed by atoms with Crippen LogP contribution < -0.4 is 9.47 Å². The number of nitrogens with zero attached hydrogens (tertiary/aromatic N) is 2. The molecule has 236 valence electrons. The highest BCUT2D eigenvalue weighted by molar-refractivity contribution is 5.90. The topological polar surface area (TPSA) is 100 Å². The minimum absolute atomic E-state index is 0.296. The number of allylic oxidation sites excluding steroid dienone is 2. The Kier molecular flexibility index (Phi) is 12.9. The second-order valence-electron chi connectivity index (χ2n) is 11.4. The Morgan fingerprint density at radius 1 is 0.532 bits per heavy atom. The second-order valence-corrected chi connectivity index (χ2v) is 11.4. The van der Waals surface area contributed by atoms with Gasteiger partial charge < -0.3 is 9.47 Å². The number of carbonyl (C=O) groups is 2. The van der Waals surface area contributed by atoms with Gasteiger partial charge in [-0.1, -0.05) is 78.9 Å². The number of ether oxygens (including phenoxy) is 2. The molecule has 0 heterocycles. The van der Waals surface area contributed by atoms with Gasteiger partial charge in [0.25, 0.3) is 0 Å². The van der Waals surface area contributed by atoms with E-state index in [9.17, 15) is 20.1 Å². The molecule has 47 heavy (non-hydrogen) atoms. The van der Waals surface area contributed by atoms with Gasteiger partial charge in [-0.05, 0) is 110 Å². The number of unbranched alkanes of at least 4 members (excludes halogenated alkanes) is 4. The van der Waals surface area contributed by atoms with Crippen LogP contribution in [-0.2, 0) is 9.59 Å². The second kappa shape index (κ2) is 17.7. The lowest BCUT2D eigenvalue weighted by atomic mass is 10.0. The zero-order valence-electron chi connectivity index (χ0n) is 26.9. The molecule has 6 heteroatoms. The molecule has 0 N–H and O–H groups in total. The maximum atomic E-state index is 12.3. The molecule has 0 unspecified atom stereocenters. The quantitative estimate of drug-likeness (QED) is 0.0456. The first-order valence-electron chi connectivity index (χ1n) is 15.8. The summed E-state index contributed by atoms with van der Waals surface area (Å²) in [5.41, 5.74) is 6.79. The lowest BCUT2D eigenvalue weighted by molar-refractivity contribution is -0.135. The van der Waals surface area contributed by atoms with Crippen molar-refractivity contribution >= 4 is 35.2 Å². The molecule has 0 atom stereocenters. The number of benzene rings is 4. The Balaban J connectivity index is 1.10. The van der Waals surface area contributed by atoms with Crippen molar-refractivity contribution in [1.29, 1.82) is 10.5 Å². The maximum absolute atomic E-state index is 12.3. The summed E-state index contributed by atoms with van der Waals surface area (Å²) < 4.78 is 10.9. The third-order valence-corrected chi connectivity index (χ3v) is 7.57. The molecule has 0 radical (unpaired) electrons. The lowest BCUT2D eigenvalue weighted by Crippen LogP contribution is -2.08. The van der Waals surface area contributed by atoms with Crippen molar-refractivity contribution in [3.05, 3.63) is 130 Å². The summed E-state index contributed by atoms with van der Waals surface area (Å²) in [6.07, 6.45) is 8.31. The molecule has 0 aliphatic heterocycles. The normalized spacial score (nSPS) is 11.3. The van der Waals surface area contributed by atoms with Crippen LogP contribution in [0.1, 0.15) is 78.3 Å². The van der Waals surface area contributed by atoms with Crippen LogP contribution in [0.3, 0.4) is 0 Å². The van der Waals surface area contributed by atoms with Gasteiger partial charge in [-0.15, -0.1) is 0 Å². The van der Waals surface area contributed by atoms with E-state index in [1.807, 2.05) is 74.5 Å². The molecule has 0 aliphatic carbocycles. The summed E-state index contributed by atoms with van der Waals surface area (Å²) in [5.74, 6) is 0.304. The molecular formula is C41H38N2O4. The van der Waals surface area contributed by atoms with Crippen LogP contribution in [0.15, 0.2) is 97.1 Å². The summed E-state index contributed by atoms with van der Waals surface area (Å²) in [5, 5.41) is 19.2. The van der Waals surface area contributed by atoms with Crippen molar-refractivity contribution < 1.29 is 19.1 Å². The van der Waals surface area contributed by atoms with E-state index in [-0.39, 0.29) is 11.9 Å². The van der Waals surface area contributed by atoms with Crippen LogP contribution in [0.2, 0.25) is 0 Å². The van der Waals surface area contributed by atoms with Gasteiger partial charge in [-0.25, -0.2) is 0 Å². The number of hydrogen-bond acceptors (Lipinski definition) is 6. The van der Waals surface area contributed by atoms with Crippen LogP contribution in [0.25, 0.3) is 23.3 Å². The molecule has 0 aliphatic rings. The molecule has 0 spiro atoms. The molecule has 4 aromatic carbocycles. The van der Waals surface area contributed by atoms with Gasteiger partial charge in [0.2, 0.25) is 0 Å². The fraction of sp³-hybridized carbons (Fsp3) is 0.220. The van der Waals surface area contributed by atoms with Gasteiger partial charge in [-0.3, -0.25) is 9.59 Å². The third-order valence-electron chi connectivity index (χ3n) is 7.57. The van der Waals surface area contributed by atoms with Crippen molar-refractivity contribution in [2.24, 2.45) is 0 Å². The highest BCUT2D eigenvalue weighted by Crippen LogP contribution is 2.23. The zero-order chi connectivity index (χ0) is 33.4. The van der Waals surface area contributed by atoms with Gasteiger partial charge in [0, 0.05) is 12.8 Å². The Hall–Kier alpha value is -5.72. The number of nitriles is 2. The molecule has 0 aromatic heterocycles. The lowest BCUT2D eigenvalue weighted by Gasteiger charge is -2.07. The Labute approximate surface area is 277 Å². The fourth-order valence-corrected chi connectivity index (χ4v) is 4.86. The van der Waals surface area contributed by atoms with E-state index >= 15 is 0 Å². The summed E-state index contributed by atoms with van der Waals surface area (Å²) in [4.78, 5) is 24.6. The molecule has 0 amide bonds. The molecule has 6 nitrogen and oxygen atoms in total. The van der Waals surface area contributed by atoms with E-state index in [0.29, 0.717) is 48.3 Å². The highest BCUT2D eigenvalue weighted by atomic mass is 16.5. The molecule has 4 aromatic rings. The summed E-state index contributed by atoms with van der Waals surface area (Å²) >= 11 is 0. The van der Waals surface area contributed by atoms with Gasteiger partial charge in [-0.2, -0.15) is 10.5 Å². The van der Waals surface area contributed by atoms with Crippen molar-refractivity contribution in [1.82, 2.24) is 0 Å². The number of aryl methyl sites for hydroxylation is 2. The first-order valence-corrected chi connectivity index (χ1v) is 15.8. The number of esters is 2. The molecule has 0 saturated carbocycles. The average molecular weight is 623 g/mol. The van der Waals surface area contributed by atoms with Crippen LogP contribution >= 0.6 is 0 Å². The van der Waals surface area contributed by atoms with Gasteiger partial charge in [0.15, 0.2) is 0 Å². The van der Waals surface area contributed by atoms with E-state index in [1.165, 1.54) is 0 Å².